The second-order valence-corrected chi connectivity index (χ2v) is 8.87. The van der Waals surface area contributed by atoms with E-state index in [1.165, 1.54) is 30.9 Å². The third-order valence-electron chi connectivity index (χ3n) is 5.96. The molecule has 0 bridgehead atoms. The monoisotopic (exact) mass is 520 g/mol. The van der Waals surface area contributed by atoms with Gasteiger partial charge in [-0.05, 0) is 66.8 Å². The molecule has 38 heavy (non-hydrogen) atoms. The zero-order valence-corrected chi connectivity index (χ0v) is 21.8. The number of aliphatic carboxylic acids is 1. The van der Waals surface area contributed by atoms with Crippen LogP contribution >= 0.6 is 0 Å². The normalized spacial score (nSPS) is 10.9. The molecule has 0 fully saturated rings. The molecule has 3 rings (SSSR count). The molecule has 0 saturated carbocycles. The zero-order valence-electron chi connectivity index (χ0n) is 21.8. The SMILES string of the molecule is COc1ccc(CCCCCCCCOc2ccc(OCc3cccc(NO)c3)nc2C=CC(=O)O)cc1. The van der Waals surface area contributed by atoms with Gasteiger partial charge < -0.3 is 19.3 Å². The van der Waals surface area contributed by atoms with E-state index in [0.29, 0.717) is 29.6 Å². The standard InChI is InChI=1S/C30H36N2O6/c1-36-26-14-12-23(13-15-26)9-6-4-2-3-5-7-20-37-28-17-18-29(31-27(28)16-19-30(33)34)38-22-24-10-8-11-25(21-24)32-35/h8,10-19,21,32,35H,2-7,9,20,22H2,1H3,(H,33,34). The van der Waals surface area contributed by atoms with Crippen molar-refractivity contribution >= 4 is 17.7 Å². The number of hydrogen-bond acceptors (Lipinski definition) is 7. The van der Waals surface area contributed by atoms with Crippen molar-refractivity contribution in [2.24, 2.45) is 0 Å². The van der Waals surface area contributed by atoms with Crippen LogP contribution in [0.2, 0.25) is 0 Å². The van der Waals surface area contributed by atoms with Gasteiger partial charge in [-0.3, -0.25) is 10.7 Å². The Hall–Kier alpha value is -4.04. The number of carbonyl (C=O) groups is 1. The number of anilines is 1. The Bertz CT molecular complexity index is 1160. The number of carboxylic acids is 1. The molecular weight excluding hydrogens is 484 g/mol. The highest BCUT2D eigenvalue weighted by Crippen LogP contribution is 2.23. The van der Waals surface area contributed by atoms with Gasteiger partial charge in [0.15, 0.2) is 0 Å². The minimum absolute atomic E-state index is 0.241. The van der Waals surface area contributed by atoms with Gasteiger partial charge in [-0.15, -0.1) is 0 Å². The highest BCUT2D eigenvalue weighted by Gasteiger charge is 2.08. The van der Waals surface area contributed by atoms with Crippen molar-refractivity contribution in [1.82, 2.24) is 4.98 Å². The lowest BCUT2D eigenvalue weighted by molar-refractivity contribution is -0.131. The second kappa shape index (κ2) is 15.9. The van der Waals surface area contributed by atoms with Crippen molar-refractivity contribution in [3.8, 4) is 17.4 Å². The highest BCUT2D eigenvalue weighted by molar-refractivity contribution is 5.85. The van der Waals surface area contributed by atoms with Crippen LogP contribution in [0, 0.1) is 0 Å². The molecule has 2 aromatic carbocycles. The van der Waals surface area contributed by atoms with E-state index in [1.54, 1.807) is 37.4 Å². The third-order valence-corrected chi connectivity index (χ3v) is 5.96. The number of hydrogen-bond donors (Lipinski definition) is 3. The summed E-state index contributed by atoms with van der Waals surface area (Å²) in [5.41, 5.74) is 5.24. The quantitative estimate of drug-likeness (QED) is 0.105. The summed E-state index contributed by atoms with van der Waals surface area (Å²) in [6.45, 7) is 0.771. The number of aryl methyl sites for hydroxylation is 1. The fourth-order valence-corrected chi connectivity index (χ4v) is 3.92. The maximum atomic E-state index is 11.0. The number of aromatic nitrogens is 1. The van der Waals surface area contributed by atoms with E-state index in [9.17, 15) is 4.79 Å². The smallest absolute Gasteiger partial charge is 0.328 e. The molecule has 1 heterocycles. The van der Waals surface area contributed by atoms with E-state index in [1.807, 2.05) is 18.2 Å². The average molecular weight is 521 g/mol. The molecule has 0 aliphatic heterocycles. The Morgan fingerprint density at radius 3 is 2.42 bits per heavy atom. The summed E-state index contributed by atoms with van der Waals surface area (Å²) in [6.07, 6.45) is 10.2. The van der Waals surface area contributed by atoms with Crippen LogP contribution < -0.4 is 19.7 Å². The lowest BCUT2D eigenvalue weighted by Gasteiger charge is -2.12. The van der Waals surface area contributed by atoms with Gasteiger partial charge >= 0.3 is 5.97 Å². The van der Waals surface area contributed by atoms with Gasteiger partial charge in [-0.1, -0.05) is 49.9 Å². The number of rotatable bonds is 17. The molecule has 202 valence electrons. The van der Waals surface area contributed by atoms with E-state index >= 15 is 0 Å². The van der Waals surface area contributed by atoms with E-state index in [4.69, 9.17) is 24.5 Å². The summed E-state index contributed by atoms with van der Waals surface area (Å²) in [6, 6.07) is 18.8. The molecule has 1 aromatic heterocycles. The molecule has 0 amide bonds. The second-order valence-electron chi connectivity index (χ2n) is 8.87. The number of carboxylic acid groups (broad SMARTS) is 1. The molecule has 8 heteroatoms. The van der Waals surface area contributed by atoms with Crippen LogP contribution in [-0.2, 0) is 17.8 Å². The van der Waals surface area contributed by atoms with Gasteiger partial charge in [-0.2, -0.15) is 0 Å². The maximum absolute atomic E-state index is 11.0. The molecule has 8 nitrogen and oxygen atoms in total. The van der Waals surface area contributed by atoms with Crippen LogP contribution in [0.15, 0.2) is 66.7 Å². The first-order chi connectivity index (χ1) is 18.6. The van der Waals surface area contributed by atoms with Gasteiger partial charge in [0.05, 0.1) is 19.4 Å². The van der Waals surface area contributed by atoms with Crippen LogP contribution in [0.25, 0.3) is 6.08 Å². The van der Waals surface area contributed by atoms with Crippen molar-refractivity contribution < 1.29 is 29.3 Å². The minimum atomic E-state index is -1.07. The van der Waals surface area contributed by atoms with Crippen molar-refractivity contribution in [2.75, 3.05) is 19.2 Å². The summed E-state index contributed by atoms with van der Waals surface area (Å²) in [5.74, 6) is 0.685. The lowest BCUT2D eigenvalue weighted by Crippen LogP contribution is -2.03. The third kappa shape index (κ3) is 10.1. The molecule has 0 aliphatic rings. The van der Waals surface area contributed by atoms with Crippen LogP contribution in [0.4, 0.5) is 5.69 Å². The molecule has 0 spiro atoms. The van der Waals surface area contributed by atoms with Crippen molar-refractivity contribution in [2.45, 2.75) is 51.6 Å². The molecule has 0 aliphatic carbocycles. The number of pyridine rings is 1. The molecule has 0 atom stereocenters. The molecular formula is C30H36N2O6. The number of methoxy groups -OCH3 is 1. The van der Waals surface area contributed by atoms with Gasteiger partial charge in [0, 0.05) is 12.1 Å². The summed E-state index contributed by atoms with van der Waals surface area (Å²) in [5, 5.41) is 18.1. The van der Waals surface area contributed by atoms with E-state index in [2.05, 4.69) is 22.6 Å². The van der Waals surface area contributed by atoms with Gasteiger partial charge in [0.25, 0.3) is 0 Å². The summed E-state index contributed by atoms with van der Waals surface area (Å²) < 4.78 is 16.9. The van der Waals surface area contributed by atoms with E-state index in [-0.39, 0.29) is 6.61 Å². The maximum Gasteiger partial charge on any atom is 0.328 e. The summed E-state index contributed by atoms with van der Waals surface area (Å²) >= 11 is 0. The van der Waals surface area contributed by atoms with Crippen molar-refractivity contribution in [3.63, 3.8) is 0 Å². The topological polar surface area (TPSA) is 110 Å². The first-order valence-electron chi connectivity index (χ1n) is 12.9. The number of nitrogens with zero attached hydrogens (tertiary/aromatic N) is 1. The average Bonchev–Trinajstić information content (AvgIpc) is 2.95. The number of ether oxygens (including phenoxy) is 3. The van der Waals surface area contributed by atoms with Gasteiger partial charge in [0.2, 0.25) is 5.88 Å². The predicted molar refractivity (Wildman–Crippen MR) is 147 cm³/mol. The van der Waals surface area contributed by atoms with E-state index in [0.717, 1.165) is 43.1 Å². The van der Waals surface area contributed by atoms with Crippen LogP contribution in [-0.4, -0.2) is 35.0 Å². The molecule has 0 radical (unpaired) electrons. The summed E-state index contributed by atoms with van der Waals surface area (Å²) in [7, 11) is 1.68. The van der Waals surface area contributed by atoms with Crippen LogP contribution in [0.5, 0.6) is 17.4 Å². The first-order valence-corrected chi connectivity index (χ1v) is 12.9. The largest absolute Gasteiger partial charge is 0.497 e. The molecule has 3 aromatic rings. The number of nitrogens with one attached hydrogen (secondary N) is 1. The zero-order chi connectivity index (χ0) is 27.0. The Morgan fingerprint density at radius 2 is 1.68 bits per heavy atom. The number of unbranched alkanes of at least 4 members (excludes halogenated alkanes) is 5. The fraction of sp³-hybridized carbons (Fsp3) is 0.333. The van der Waals surface area contributed by atoms with Crippen molar-refractivity contribution in [3.05, 3.63) is 83.6 Å². The minimum Gasteiger partial charge on any atom is -0.497 e. The van der Waals surface area contributed by atoms with E-state index < -0.39 is 5.97 Å². The van der Waals surface area contributed by atoms with Gasteiger partial charge in [-0.25, -0.2) is 9.78 Å². The van der Waals surface area contributed by atoms with Crippen LogP contribution in [0.1, 0.15) is 55.3 Å². The van der Waals surface area contributed by atoms with Crippen molar-refractivity contribution in [1.29, 1.82) is 0 Å². The Morgan fingerprint density at radius 1 is 0.921 bits per heavy atom. The molecule has 0 saturated heterocycles. The fourth-order valence-electron chi connectivity index (χ4n) is 3.92. The Balaban J connectivity index is 1.39. The predicted octanol–water partition coefficient (Wildman–Crippen LogP) is 6.53. The Labute approximate surface area is 223 Å². The number of benzene rings is 2. The molecule has 3 N–H and O–H groups in total. The first kappa shape index (κ1) is 28.5. The van der Waals surface area contributed by atoms with Gasteiger partial charge in [0.1, 0.15) is 23.8 Å². The van der Waals surface area contributed by atoms with Crippen LogP contribution in [0.3, 0.4) is 0 Å². The summed E-state index contributed by atoms with van der Waals surface area (Å²) in [4.78, 5) is 15.5. The Kier molecular flexibility index (Phi) is 12.0. The molecule has 0 unspecified atom stereocenters. The highest BCUT2D eigenvalue weighted by atomic mass is 16.5. The lowest BCUT2D eigenvalue weighted by atomic mass is 10.0.